The van der Waals surface area contributed by atoms with Crippen LogP contribution in [0.1, 0.15) is 12.5 Å². The minimum absolute atomic E-state index is 0.434. The van der Waals surface area contributed by atoms with Gasteiger partial charge in [0.1, 0.15) is 6.10 Å². The van der Waals surface area contributed by atoms with Crippen LogP contribution in [0.15, 0.2) is 48.5 Å². The molecule has 0 heterocycles. The molecule has 0 aliphatic carbocycles. The Morgan fingerprint density at radius 3 is 2.38 bits per heavy atom. The summed E-state index contributed by atoms with van der Waals surface area (Å²) in [5, 5.41) is 15.9. The Morgan fingerprint density at radius 1 is 1.14 bits per heavy atom. The second kappa shape index (κ2) is 7.11. The third-order valence-corrected chi connectivity index (χ3v) is 3.21. The number of anilines is 2. The van der Waals surface area contributed by atoms with Crippen LogP contribution in [0.25, 0.3) is 0 Å². The minimum Gasteiger partial charge on any atom is -0.384 e. The molecule has 0 aliphatic rings. The van der Waals surface area contributed by atoms with E-state index in [-0.39, 0.29) is 0 Å². The molecule has 0 radical (unpaired) electrons. The van der Waals surface area contributed by atoms with E-state index < -0.39 is 12.0 Å². The molecule has 2 aromatic carbocycles. The molecule has 2 aromatic rings. The largest absolute Gasteiger partial charge is 0.384 e. The highest BCUT2D eigenvalue weighted by molar-refractivity contribution is 6.30. The Morgan fingerprint density at radius 2 is 1.76 bits per heavy atom. The topological polar surface area (TPSA) is 61.4 Å². The van der Waals surface area contributed by atoms with Crippen molar-refractivity contribution in [3.05, 3.63) is 59.1 Å². The van der Waals surface area contributed by atoms with Gasteiger partial charge >= 0.3 is 0 Å². The zero-order valence-corrected chi connectivity index (χ0v) is 12.4. The van der Waals surface area contributed by atoms with E-state index in [4.69, 9.17) is 11.6 Å². The summed E-state index contributed by atoms with van der Waals surface area (Å²) in [5.74, 6) is -0.434. The monoisotopic (exact) mass is 304 g/mol. The van der Waals surface area contributed by atoms with Crippen LogP contribution in [0.5, 0.6) is 0 Å². The van der Waals surface area contributed by atoms with E-state index in [2.05, 4.69) is 10.6 Å². The fraction of sp³-hybridized carbons (Fsp3) is 0.188. The van der Waals surface area contributed by atoms with Crippen LogP contribution in [-0.2, 0) is 11.3 Å². The molecule has 1 atom stereocenters. The number of carbonyl (C=O) groups is 1. The highest BCUT2D eigenvalue weighted by Gasteiger charge is 2.10. The molecule has 0 spiro atoms. The average Bonchev–Trinajstić information content (AvgIpc) is 2.48. The fourth-order valence-electron chi connectivity index (χ4n) is 1.78. The van der Waals surface area contributed by atoms with Crippen LogP contribution in [0.3, 0.4) is 0 Å². The van der Waals surface area contributed by atoms with Gasteiger partial charge in [-0.25, -0.2) is 0 Å². The predicted octanol–water partition coefficient (Wildman–Crippen LogP) is 3.27. The number of hydrogen-bond donors (Lipinski definition) is 3. The quantitative estimate of drug-likeness (QED) is 0.794. The lowest BCUT2D eigenvalue weighted by atomic mass is 10.2. The molecule has 4 nitrogen and oxygen atoms in total. The first-order chi connectivity index (χ1) is 10.1. The van der Waals surface area contributed by atoms with E-state index >= 15 is 0 Å². The van der Waals surface area contributed by atoms with E-state index in [0.717, 1.165) is 11.3 Å². The lowest BCUT2D eigenvalue weighted by Crippen LogP contribution is -2.24. The Labute approximate surface area is 128 Å². The molecule has 0 saturated carbocycles. The third kappa shape index (κ3) is 4.48. The van der Waals surface area contributed by atoms with Crippen molar-refractivity contribution in [2.24, 2.45) is 0 Å². The second-order valence-electron chi connectivity index (χ2n) is 4.69. The molecular formula is C16H17ClN2O2. The molecule has 110 valence electrons. The van der Waals surface area contributed by atoms with Gasteiger partial charge in [-0.3, -0.25) is 4.79 Å². The first kappa shape index (κ1) is 15.4. The van der Waals surface area contributed by atoms with Gasteiger partial charge in [-0.2, -0.15) is 0 Å². The van der Waals surface area contributed by atoms with Crippen molar-refractivity contribution in [1.82, 2.24) is 0 Å². The molecule has 1 amide bonds. The lowest BCUT2D eigenvalue weighted by Gasteiger charge is -2.14. The van der Waals surface area contributed by atoms with Gasteiger partial charge in [0.15, 0.2) is 0 Å². The van der Waals surface area contributed by atoms with Crippen LogP contribution in [0.4, 0.5) is 11.4 Å². The zero-order valence-electron chi connectivity index (χ0n) is 11.6. The number of rotatable bonds is 5. The first-order valence-corrected chi connectivity index (χ1v) is 7.00. The SMILES string of the molecule is C[C@H](O)C(=O)Nc1ccccc1NCc1ccc(Cl)cc1. The number of benzene rings is 2. The summed E-state index contributed by atoms with van der Waals surface area (Å²) in [6, 6.07) is 14.9. The molecule has 2 rings (SSSR count). The molecule has 0 fully saturated rings. The van der Waals surface area contributed by atoms with E-state index in [1.165, 1.54) is 6.92 Å². The molecule has 0 bridgehead atoms. The zero-order chi connectivity index (χ0) is 15.2. The minimum atomic E-state index is -1.05. The van der Waals surface area contributed by atoms with E-state index in [1.807, 2.05) is 42.5 Å². The lowest BCUT2D eigenvalue weighted by molar-refractivity contribution is -0.123. The summed E-state index contributed by atoms with van der Waals surface area (Å²) < 4.78 is 0. The molecule has 0 saturated heterocycles. The predicted molar refractivity (Wildman–Crippen MR) is 85.5 cm³/mol. The van der Waals surface area contributed by atoms with Crippen LogP contribution >= 0.6 is 11.6 Å². The number of para-hydroxylation sites is 2. The number of aliphatic hydroxyl groups is 1. The smallest absolute Gasteiger partial charge is 0.252 e. The van der Waals surface area contributed by atoms with Gasteiger partial charge in [0.25, 0.3) is 5.91 Å². The van der Waals surface area contributed by atoms with Crippen molar-refractivity contribution < 1.29 is 9.90 Å². The molecule has 21 heavy (non-hydrogen) atoms. The van der Waals surface area contributed by atoms with Crippen molar-refractivity contribution in [2.45, 2.75) is 19.6 Å². The van der Waals surface area contributed by atoms with Crippen LogP contribution in [0.2, 0.25) is 5.02 Å². The average molecular weight is 305 g/mol. The highest BCUT2D eigenvalue weighted by atomic mass is 35.5. The second-order valence-corrected chi connectivity index (χ2v) is 5.13. The maximum absolute atomic E-state index is 11.6. The molecule has 3 N–H and O–H groups in total. The summed E-state index contributed by atoms with van der Waals surface area (Å²) in [4.78, 5) is 11.6. The number of carbonyl (C=O) groups excluding carboxylic acids is 1. The van der Waals surface area contributed by atoms with Gasteiger partial charge in [-0.1, -0.05) is 35.9 Å². The van der Waals surface area contributed by atoms with Crippen LogP contribution in [0, 0.1) is 0 Å². The fourth-order valence-corrected chi connectivity index (χ4v) is 1.91. The number of amides is 1. The van der Waals surface area contributed by atoms with Crippen molar-refractivity contribution in [2.75, 3.05) is 10.6 Å². The van der Waals surface area contributed by atoms with Crippen molar-refractivity contribution >= 4 is 28.9 Å². The third-order valence-electron chi connectivity index (χ3n) is 2.96. The maximum Gasteiger partial charge on any atom is 0.252 e. The van der Waals surface area contributed by atoms with Gasteiger partial charge in [0, 0.05) is 11.6 Å². The van der Waals surface area contributed by atoms with Crippen LogP contribution in [-0.4, -0.2) is 17.1 Å². The Bertz CT molecular complexity index is 612. The summed E-state index contributed by atoms with van der Waals surface area (Å²) in [5.41, 5.74) is 2.51. The maximum atomic E-state index is 11.6. The summed E-state index contributed by atoms with van der Waals surface area (Å²) in [6.07, 6.45) is -1.05. The number of nitrogens with one attached hydrogen (secondary N) is 2. The molecular weight excluding hydrogens is 288 g/mol. The normalized spacial score (nSPS) is 11.8. The standard InChI is InChI=1S/C16H17ClN2O2/c1-11(20)16(21)19-15-5-3-2-4-14(15)18-10-12-6-8-13(17)9-7-12/h2-9,11,18,20H,10H2,1H3,(H,19,21)/t11-/m0/s1. The van der Waals surface area contributed by atoms with E-state index in [9.17, 15) is 9.90 Å². The van der Waals surface area contributed by atoms with Gasteiger partial charge in [0.05, 0.1) is 11.4 Å². The summed E-state index contributed by atoms with van der Waals surface area (Å²) >= 11 is 5.85. The Kier molecular flexibility index (Phi) is 5.20. The molecule has 0 aromatic heterocycles. The summed E-state index contributed by atoms with van der Waals surface area (Å²) in [6.45, 7) is 2.04. The van der Waals surface area contributed by atoms with Gasteiger partial charge < -0.3 is 15.7 Å². The Balaban J connectivity index is 2.06. The number of aliphatic hydroxyl groups excluding tert-OH is 1. The molecule has 0 aliphatic heterocycles. The number of halogens is 1. The van der Waals surface area contributed by atoms with E-state index in [1.54, 1.807) is 6.07 Å². The van der Waals surface area contributed by atoms with Crippen molar-refractivity contribution in [1.29, 1.82) is 0 Å². The molecule has 5 heteroatoms. The summed E-state index contributed by atoms with van der Waals surface area (Å²) in [7, 11) is 0. The van der Waals surface area contributed by atoms with E-state index in [0.29, 0.717) is 17.3 Å². The first-order valence-electron chi connectivity index (χ1n) is 6.62. The number of hydrogen-bond acceptors (Lipinski definition) is 3. The van der Waals surface area contributed by atoms with Crippen LogP contribution < -0.4 is 10.6 Å². The Hall–Kier alpha value is -2.04. The molecule has 0 unspecified atom stereocenters. The van der Waals surface area contributed by atoms with Gasteiger partial charge in [-0.15, -0.1) is 0 Å². The van der Waals surface area contributed by atoms with Gasteiger partial charge in [0.2, 0.25) is 0 Å². The van der Waals surface area contributed by atoms with Crippen molar-refractivity contribution in [3.8, 4) is 0 Å². The van der Waals surface area contributed by atoms with Crippen molar-refractivity contribution in [3.63, 3.8) is 0 Å². The highest BCUT2D eigenvalue weighted by Crippen LogP contribution is 2.22. The van der Waals surface area contributed by atoms with Gasteiger partial charge in [-0.05, 0) is 36.8 Å².